The minimum Gasteiger partial charge on any atom is -0.481 e. The second kappa shape index (κ2) is 10.7. The minimum absolute atomic E-state index is 0.0460. The van der Waals surface area contributed by atoms with Crippen molar-refractivity contribution in [2.45, 2.75) is 101 Å². The molecule has 2 aliphatic heterocycles. The van der Waals surface area contributed by atoms with Crippen LogP contribution in [-0.4, -0.2) is 87.4 Å². The van der Waals surface area contributed by atoms with E-state index in [2.05, 4.69) is 11.8 Å². The first-order valence-electron chi connectivity index (χ1n) is 15.2. The molecule has 0 amide bonds. The van der Waals surface area contributed by atoms with Crippen molar-refractivity contribution >= 4 is 11.9 Å². The molecular weight excluding hydrogens is 500 g/mol. The van der Waals surface area contributed by atoms with E-state index in [4.69, 9.17) is 10.5 Å². The summed E-state index contributed by atoms with van der Waals surface area (Å²) < 4.78 is 5.14. The van der Waals surface area contributed by atoms with E-state index in [-0.39, 0.29) is 49.6 Å². The number of likely N-dealkylation sites (tertiary alicyclic amines) is 1. The first kappa shape index (κ1) is 29.0. The van der Waals surface area contributed by atoms with Gasteiger partial charge in [-0.1, -0.05) is 13.3 Å². The van der Waals surface area contributed by atoms with Gasteiger partial charge in [-0.05, 0) is 101 Å². The van der Waals surface area contributed by atoms with E-state index < -0.39 is 34.1 Å². The number of carboxylic acid groups (broad SMARTS) is 1. The quantitative estimate of drug-likeness (QED) is 0.333. The molecule has 8 atom stereocenters. The summed E-state index contributed by atoms with van der Waals surface area (Å²) in [5.74, 6) is -1.82. The van der Waals surface area contributed by atoms with Gasteiger partial charge >= 0.3 is 11.9 Å². The van der Waals surface area contributed by atoms with Crippen LogP contribution in [0.25, 0.3) is 0 Å². The lowest BCUT2D eigenvalue weighted by Gasteiger charge is -2.65. The topological polar surface area (TPSA) is 154 Å². The zero-order valence-corrected chi connectivity index (χ0v) is 23.4. The van der Waals surface area contributed by atoms with E-state index in [1.165, 1.54) is 32.4 Å². The fraction of sp³-hybridized carbons (Fsp3) is 0.867. The number of aliphatic hydroxyl groups excluding tert-OH is 1. The van der Waals surface area contributed by atoms with Crippen LogP contribution >= 0.6 is 0 Å². The lowest BCUT2D eigenvalue weighted by molar-refractivity contribution is -0.260. The van der Waals surface area contributed by atoms with Crippen molar-refractivity contribution in [1.29, 1.82) is 0 Å². The minimum atomic E-state index is -1.44. The van der Waals surface area contributed by atoms with Crippen LogP contribution in [0.5, 0.6) is 0 Å². The van der Waals surface area contributed by atoms with E-state index in [0.29, 0.717) is 32.1 Å². The number of hydrogen-bond donors (Lipinski definition) is 5. The Bertz CT molecular complexity index is 980. The average molecular weight is 549 g/mol. The van der Waals surface area contributed by atoms with Gasteiger partial charge in [0.1, 0.15) is 6.61 Å². The smallest absolute Gasteiger partial charge is 0.331 e. The van der Waals surface area contributed by atoms with Gasteiger partial charge in [0.15, 0.2) is 0 Å². The zero-order chi connectivity index (χ0) is 28.1. The molecule has 0 aromatic rings. The monoisotopic (exact) mass is 548 g/mol. The number of aliphatic hydroxyl groups is 3. The summed E-state index contributed by atoms with van der Waals surface area (Å²) in [5, 5.41) is 44.1. The molecular formula is C30H48N2O7. The fourth-order valence-corrected chi connectivity index (χ4v) is 9.85. The Balaban J connectivity index is 0.000000292. The van der Waals surface area contributed by atoms with E-state index in [1.807, 2.05) is 0 Å². The van der Waals surface area contributed by atoms with Crippen molar-refractivity contribution < 1.29 is 34.8 Å². The Morgan fingerprint density at radius 3 is 2.41 bits per heavy atom. The van der Waals surface area contributed by atoms with Gasteiger partial charge in [0.25, 0.3) is 0 Å². The number of esters is 1. The van der Waals surface area contributed by atoms with Crippen molar-refractivity contribution in [2.24, 2.45) is 34.3 Å². The molecule has 0 aromatic heterocycles. The van der Waals surface area contributed by atoms with E-state index in [9.17, 15) is 30.0 Å². The van der Waals surface area contributed by atoms with Gasteiger partial charge in [-0.25, -0.2) is 4.79 Å². The van der Waals surface area contributed by atoms with Crippen molar-refractivity contribution in [3.8, 4) is 0 Å². The Morgan fingerprint density at radius 1 is 1.05 bits per heavy atom. The van der Waals surface area contributed by atoms with Gasteiger partial charge in [-0.3, -0.25) is 4.79 Å². The first-order chi connectivity index (χ1) is 18.5. The van der Waals surface area contributed by atoms with Crippen LogP contribution in [0.4, 0.5) is 0 Å². The molecule has 6 aliphatic rings. The van der Waals surface area contributed by atoms with Gasteiger partial charge in [0.05, 0.1) is 22.7 Å². The van der Waals surface area contributed by atoms with Crippen LogP contribution in [0.2, 0.25) is 0 Å². The molecule has 0 radical (unpaired) electrons. The fourth-order valence-electron chi connectivity index (χ4n) is 9.85. The molecule has 0 spiro atoms. The largest absolute Gasteiger partial charge is 0.481 e. The summed E-state index contributed by atoms with van der Waals surface area (Å²) in [5.41, 5.74) is 2.12. The Hall–Kier alpha value is -1.52. The second-order valence-corrected chi connectivity index (χ2v) is 13.4. The molecule has 5 fully saturated rings. The molecule has 6 N–H and O–H groups in total. The summed E-state index contributed by atoms with van der Waals surface area (Å²) in [6, 6.07) is 0. The number of cyclic esters (lactones) is 1. The normalized spacial score (nSPS) is 45.7. The number of nitrogens with two attached hydrogens (primary N) is 1. The van der Waals surface area contributed by atoms with Crippen molar-refractivity contribution in [2.75, 3.05) is 32.8 Å². The lowest BCUT2D eigenvalue weighted by atomic mass is 9.41. The van der Waals surface area contributed by atoms with E-state index >= 15 is 0 Å². The number of hydrogen-bond acceptors (Lipinski definition) is 8. The highest BCUT2D eigenvalue weighted by atomic mass is 16.5. The number of carbonyl (C=O) groups excluding carboxylic acids is 1. The number of rotatable bonds is 4. The van der Waals surface area contributed by atoms with Crippen LogP contribution in [0, 0.1) is 28.6 Å². The number of ether oxygens (including phenoxy) is 1. The number of aliphatic carboxylic acids is 1. The van der Waals surface area contributed by atoms with Crippen LogP contribution in [0.1, 0.15) is 84.0 Å². The van der Waals surface area contributed by atoms with Gasteiger partial charge in [-0.2, -0.15) is 0 Å². The molecule has 0 bridgehead atoms. The van der Waals surface area contributed by atoms with Crippen LogP contribution < -0.4 is 5.73 Å². The summed E-state index contributed by atoms with van der Waals surface area (Å²) in [6.45, 7) is 6.83. The predicted octanol–water partition coefficient (Wildman–Crippen LogP) is 2.21. The first-order valence-corrected chi connectivity index (χ1v) is 15.2. The summed E-state index contributed by atoms with van der Waals surface area (Å²) in [6.07, 6.45) is 9.16. The number of fused-ring (bicyclic) bond motifs is 5. The van der Waals surface area contributed by atoms with Crippen LogP contribution in [0.3, 0.4) is 0 Å². The molecule has 220 valence electrons. The zero-order valence-electron chi connectivity index (χ0n) is 23.4. The van der Waals surface area contributed by atoms with Gasteiger partial charge in [0.2, 0.25) is 0 Å². The van der Waals surface area contributed by atoms with Crippen LogP contribution in [-0.2, 0) is 14.3 Å². The maximum Gasteiger partial charge on any atom is 0.331 e. The number of carbonyl (C=O) groups is 2. The SMILES string of the molecule is C[C@]12CC[C@H]3[C@@H](CC[C@]4(O)C[C@@H](O)CC[C@]34C(=O)O)[C@@]1(O)CC[C@@H]2C1=CC(=O)OC1.NCCN1CCCCC1. The standard InChI is InChI=1S/C23H32O7.C7H16N2/c1-20-6-3-16-17(23(20,29)9-5-15(20)13-10-18(25)30-12-13)4-7-21(28)11-14(24)2-8-22(16,21)19(26)27;8-4-7-9-5-2-1-3-6-9/h10,14-17,24,28-29H,2-9,11-12H2,1H3,(H,26,27);1-8H2/t14-,15+,16-,17+,20+,21-,22+,23-;/m0./s1. The third-order valence-corrected chi connectivity index (χ3v) is 11.8. The van der Waals surface area contributed by atoms with E-state index in [1.54, 1.807) is 6.08 Å². The predicted molar refractivity (Wildman–Crippen MR) is 144 cm³/mol. The maximum atomic E-state index is 12.7. The molecule has 9 heteroatoms. The molecule has 6 rings (SSSR count). The van der Waals surface area contributed by atoms with E-state index in [0.717, 1.165) is 25.1 Å². The van der Waals surface area contributed by atoms with Gasteiger partial charge in [-0.15, -0.1) is 0 Å². The number of nitrogens with zero attached hydrogens (tertiary/aromatic N) is 1. The molecule has 9 nitrogen and oxygen atoms in total. The molecule has 1 saturated heterocycles. The molecule has 0 unspecified atom stereocenters. The van der Waals surface area contributed by atoms with Crippen LogP contribution in [0.15, 0.2) is 11.6 Å². The molecule has 2 heterocycles. The Morgan fingerprint density at radius 2 is 1.77 bits per heavy atom. The average Bonchev–Trinajstić information content (AvgIpc) is 3.44. The lowest BCUT2D eigenvalue weighted by Crippen LogP contribution is -2.70. The highest BCUT2D eigenvalue weighted by Gasteiger charge is 2.73. The number of piperidine rings is 1. The third kappa shape index (κ3) is 4.56. The highest BCUT2D eigenvalue weighted by Crippen LogP contribution is 2.70. The summed E-state index contributed by atoms with van der Waals surface area (Å²) in [7, 11) is 0. The second-order valence-electron chi connectivity index (χ2n) is 13.4. The molecule has 0 aromatic carbocycles. The maximum absolute atomic E-state index is 12.7. The molecule has 4 saturated carbocycles. The van der Waals surface area contributed by atoms with Crippen molar-refractivity contribution in [1.82, 2.24) is 4.90 Å². The van der Waals surface area contributed by atoms with Gasteiger partial charge in [0, 0.05) is 31.0 Å². The van der Waals surface area contributed by atoms with Crippen molar-refractivity contribution in [3.63, 3.8) is 0 Å². The van der Waals surface area contributed by atoms with Gasteiger partial charge < -0.3 is 35.8 Å². The number of carboxylic acids is 1. The summed E-state index contributed by atoms with van der Waals surface area (Å²) in [4.78, 5) is 26.8. The Kier molecular flexibility index (Phi) is 7.96. The van der Waals surface area contributed by atoms with Crippen molar-refractivity contribution in [3.05, 3.63) is 11.6 Å². The Labute approximate surface area is 231 Å². The molecule has 4 aliphatic carbocycles. The highest BCUT2D eigenvalue weighted by molar-refractivity contribution is 5.85. The summed E-state index contributed by atoms with van der Waals surface area (Å²) >= 11 is 0. The molecule has 39 heavy (non-hydrogen) atoms. The third-order valence-electron chi connectivity index (χ3n) is 11.8.